The van der Waals surface area contributed by atoms with E-state index in [1.807, 2.05) is 0 Å². The molecule has 1 heterocycles. The van der Waals surface area contributed by atoms with Crippen LogP contribution in [-0.4, -0.2) is 19.0 Å². The van der Waals surface area contributed by atoms with E-state index in [9.17, 15) is 4.79 Å². The second-order valence-corrected chi connectivity index (χ2v) is 4.07. The molecule has 0 fully saturated rings. The van der Waals surface area contributed by atoms with Crippen LogP contribution in [0.3, 0.4) is 0 Å². The van der Waals surface area contributed by atoms with Crippen molar-refractivity contribution in [1.29, 1.82) is 0 Å². The van der Waals surface area contributed by atoms with Gasteiger partial charge < -0.3 is 15.5 Å². The minimum absolute atomic E-state index is 0.00223. The highest BCUT2D eigenvalue weighted by Gasteiger charge is 2.25. The zero-order valence-electron chi connectivity index (χ0n) is 9.95. The van der Waals surface area contributed by atoms with E-state index in [0.29, 0.717) is 18.8 Å². The Labute approximate surface area is 96.2 Å². The average Bonchev–Trinajstić information content (AvgIpc) is 2.85. The van der Waals surface area contributed by atoms with Crippen LogP contribution < -0.4 is 11.1 Å². The fraction of sp³-hybridized carbons (Fsp3) is 0.583. The third-order valence-electron chi connectivity index (χ3n) is 3.30. The van der Waals surface area contributed by atoms with Gasteiger partial charge in [-0.15, -0.1) is 0 Å². The van der Waals surface area contributed by atoms with Crippen LogP contribution >= 0.6 is 0 Å². The average molecular weight is 224 g/mol. The standard InChI is InChI=1S/C12H20N2O2/c1-3-12(4-2,8-13)9-14-11(15)10-6-5-7-16-10/h5-7H,3-4,8-9,13H2,1-2H3,(H,14,15). The van der Waals surface area contributed by atoms with E-state index in [-0.39, 0.29) is 11.3 Å². The van der Waals surface area contributed by atoms with E-state index in [4.69, 9.17) is 10.2 Å². The predicted octanol–water partition coefficient (Wildman–Crippen LogP) is 1.77. The monoisotopic (exact) mass is 224 g/mol. The molecule has 1 rings (SSSR count). The first kappa shape index (κ1) is 12.8. The molecule has 0 unspecified atom stereocenters. The Kier molecular flexibility index (Phi) is 4.55. The maximum Gasteiger partial charge on any atom is 0.286 e. The molecule has 90 valence electrons. The Morgan fingerprint density at radius 3 is 2.62 bits per heavy atom. The summed E-state index contributed by atoms with van der Waals surface area (Å²) in [6.07, 6.45) is 3.40. The number of carbonyl (C=O) groups excluding carboxylic acids is 1. The van der Waals surface area contributed by atoms with Gasteiger partial charge in [0.25, 0.3) is 5.91 Å². The second-order valence-electron chi connectivity index (χ2n) is 4.07. The smallest absolute Gasteiger partial charge is 0.286 e. The summed E-state index contributed by atoms with van der Waals surface area (Å²) in [5.74, 6) is 0.169. The molecule has 0 aliphatic heterocycles. The Balaban J connectivity index is 2.53. The number of hydrogen-bond acceptors (Lipinski definition) is 3. The lowest BCUT2D eigenvalue weighted by molar-refractivity contribution is 0.0900. The predicted molar refractivity (Wildman–Crippen MR) is 63.1 cm³/mol. The molecule has 16 heavy (non-hydrogen) atoms. The highest BCUT2D eigenvalue weighted by Crippen LogP contribution is 2.23. The summed E-state index contributed by atoms with van der Waals surface area (Å²) in [4.78, 5) is 11.7. The van der Waals surface area contributed by atoms with Crippen molar-refractivity contribution in [2.75, 3.05) is 13.1 Å². The lowest BCUT2D eigenvalue weighted by Crippen LogP contribution is -2.41. The Morgan fingerprint density at radius 2 is 2.19 bits per heavy atom. The zero-order valence-corrected chi connectivity index (χ0v) is 9.95. The van der Waals surface area contributed by atoms with Gasteiger partial charge in [-0.25, -0.2) is 0 Å². The van der Waals surface area contributed by atoms with Gasteiger partial charge in [0.2, 0.25) is 0 Å². The molecule has 4 nitrogen and oxygen atoms in total. The first-order chi connectivity index (χ1) is 7.67. The Hall–Kier alpha value is -1.29. The second kappa shape index (κ2) is 5.70. The van der Waals surface area contributed by atoms with Gasteiger partial charge in [-0.05, 0) is 36.9 Å². The quantitative estimate of drug-likeness (QED) is 0.773. The minimum Gasteiger partial charge on any atom is -0.459 e. The molecule has 0 bridgehead atoms. The van der Waals surface area contributed by atoms with Crippen LogP contribution in [0.15, 0.2) is 22.8 Å². The fourth-order valence-electron chi connectivity index (χ4n) is 1.62. The van der Waals surface area contributed by atoms with Gasteiger partial charge in [0.05, 0.1) is 6.26 Å². The van der Waals surface area contributed by atoms with Gasteiger partial charge in [-0.1, -0.05) is 13.8 Å². The summed E-state index contributed by atoms with van der Waals surface area (Å²) in [5.41, 5.74) is 5.76. The number of amides is 1. The number of hydrogen-bond donors (Lipinski definition) is 2. The molecule has 0 radical (unpaired) electrons. The van der Waals surface area contributed by atoms with E-state index in [0.717, 1.165) is 12.8 Å². The molecule has 0 aliphatic rings. The molecule has 4 heteroatoms. The van der Waals surface area contributed by atoms with Crippen molar-refractivity contribution in [2.24, 2.45) is 11.1 Å². The first-order valence-electron chi connectivity index (χ1n) is 5.69. The normalized spacial score (nSPS) is 11.4. The largest absolute Gasteiger partial charge is 0.459 e. The van der Waals surface area contributed by atoms with E-state index in [1.54, 1.807) is 12.1 Å². The molecule has 0 aromatic carbocycles. The van der Waals surface area contributed by atoms with Gasteiger partial charge in [-0.2, -0.15) is 0 Å². The topological polar surface area (TPSA) is 68.3 Å². The lowest BCUT2D eigenvalue weighted by Gasteiger charge is -2.30. The van der Waals surface area contributed by atoms with Crippen LogP contribution in [0.5, 0.6) is 0 Å². The van der Waals surface area contributed by atoms with Gasteiger partial charge in [-0.3, -0.25) is 4.79 Å². The van der Waals surface area contributed by atoms with Gasteiger partial charge >= 0.3 is 0 Å². The summed E-state index contributed by atoms with van der Waals surface area (Å²) in [6, 6.07) is 3.35. The van der Waals surface area contributed by atoms with E-state index < -0.39 is 0 Å². The van der Waals surface area contributed by atoms with Crippen molar-refractivity contribution >= 4 is 5.91 Å². The Morgan fingerprint density at radius 1 is 1.50 bits per heavy atom. The molecule has 0 aliphatic carbocycles. The maximum absolute atomic E-state index is 11.7. The molecule has 0 saturated heterocycles. The van der Waals surface area contributed by atoms with Crippen LogP contribution in [0, 0.1) is 5.41 Å². The maximum atomic E-state index is 11.7. The van der Waals surface area contributed by atoms with E-state index >= 15 is 0 Å². The summed E-state index contributed by atoms with van der Waals surface area (Å²) >= 11 is 0. The molecular formula is C12H20N2O2. The van der Waals surface area contributed by atoms with Crippen LogP contribution in [-0.2, 0) is 0 Å². The Bertz CT molecular complexity index is 308. The van der Waals surface area contributed by atoms with Gasteiger partial charge in [0, 0.05) is 6.54 Å². The summed E-state index contributed by atoms with van der Waals surface area (Å²) < 4.78 is 5.02. The number of nitrogens with two attached hydrogens (primary N) is 1. The summed E-state index contributed by atoms with van der Waals surface area (Å²) in [6.45, 7) is 5.36. The van der Waals surface area contributed by atoms with Crippen molar-refractivity contribution in [1.82, 2.24) is 5.32 Å². The highest BCUT2D eigenvalue weighted by atomic mass is 16.3. The van der Waals surface area contributed by atoms with E-state index in [1.165, 1.54) is 6.26 Å². The SMILES string of the molecule is CCC(CC)(CN)CNC(=O)c1ccco1. The third-order valence-corrected chi connectivity index (χ3v) is 3.30. The number of nitrogens with one attached hydrogen (secondary N) is 1. The van der Waals surface area contributed by atoms with Gasteiger partial charge in [0.15, 0.2) is 5.76 Å². The number of carbonyl (C=O) groups is 1. The fourth-order valence-corrected chi connectivity index (χ4v) is 1.62. The van der Waals surface area contributed by atoms with Crippen LogP contribution in [0.2, 0.25) is 0 Å². The minimum atomic E-state index is -0.176. The highest BCUT2D eigenvalue weighted by molar-refractivity contribution is 5.91. The van der Waals surface area contributed by atoms with Crippen molar-refractivity contribution in [3.8, 4) is 0 Å². The summed E-state index contributed by atoms with van der Waals surface area (Å²) in [5, 5.41) is 2.87. The molecule has 0 saturated carbocycles. The van der Waals surface area contributed by atoms with Crippen molar-refractivity contribution < 1.29 is 9.21 Å². The third kappa shape index (κ3) is 2.85. The molecule has 0 spiro atoms. The van der Waals surface area contributed by atoms with Crippen molar-refractivity contribution in [2.45, 2.75) is 26.7 Å². The molecule has 1 amide bonds. The van der Waals surface area contributed by atoms with Crippen LogP contribution in [0.1, 0.15) is 37.2 Å². The summed E-state index contributed by atoms with van der Waals surface area (Å²) in [7, 11) is 0. The lowest BCUT2D eigenvalue weighted by atomic mass is 9.82. The van der Waals surface area contributed by atoms with Crippen LogP contribution in [0.4, 0.5) is 0 Å². The van der Waals surface area contributed by atoms with Crippen molar-refractivity contribution in [3.63, 3.8) is 0 Å². The number of furan rings is 1. The number of rotatable bonds is 6. The molecule has 0 atom stereocenters. The molecule has 3 N–H and O–H groups in total. The van der Waals surface area contributed by atoms with Gasteiger partial charge in [0.1, 0.15) is 0 Å². The van der Waals surface area contributed by atoms with Crippen molar-refractivity contribution in [3.05, 3.63) is 24.2 Å². The molecular weight excluding hydrogens is 204 g/mol. The zero-order chi connectivity index (χ0) is 12.0. The van der Waals surface area contributed by atoms with Crippen LogP contribution in [0.25, 0.3) is 0 Å². The van der Waals surface area contributed by atoms with E-state index in [2.05, 4.69) is 19.2 Å². The molecule has 1 aromatic heterocycles. The first-order valence-corrected chi connectivity index (χ1v) is 5.69. The molecule has 1 aromatic rings.